The van der Waals surface area contributed by atoms with Crippen LogP contribution in [0.3, 0.4) is 0 Å². The summed E-state index contributed by atoms with van der Waals surface area (Å²) in [6, 6.07) is 12.2. The van der Waals surface area contributed by atoms with Gasteiger partial charge >= 0.3 is 5.97 Å². The molecule has 168 valence electrons. The normalized spacial score (nSPS) is 11.4. The van der Waals surface area contributed by atoms with Gasteiger partial charge in [-0.25, -0.2) is 4.79 Å². The summed E-state index contributed by atoms with van der Waals surface area (Å²) in [5.74, 6) is 0.814. The predicted octanol–water partition coefficient (Wildman–Crippen LogP) is 4.13. The van der Waals surface area contributed by atoms with Crippen LogP contribution in [0.25, 0.3) is 0 Å². The summed E-state index contributed by atoms with van der Waals surface area (Å²) in [6.45, 7) is 6.81. The molecule has 7 heteroatoms. The summed E-state index contributed by atoms with van der Waals surface area (Å²) < 4.78 is 21.8. The van der Waals surface area contributed by atoms with E-state index in [2.05, 4.69) is 12.2 Å². The molecule has 1 amide bonds. The SMILES string of the molecule is CCCCOc1ccc(C(=O)O[C@H](C)C(=O)NCc2ccc(OC)cc2)cc1OCC. The molecule has 31 heavy (non-hydrogen) atoms. The van der Waals surface area contributed by atoms with Gasteiger partial charge in [0.15, 0.2) is 17.6 Å². The molecule has 0 saturated carbocycles. The fraction of sp³-hybridized carbons (Fsp3) is 0.417. The predicted molar refractivity (Wildman–Crippen MR) is 118 cm³/mol. The Bertz CT molecular complexity index is 850. The molecule has 0 unspecified atom stereocenters. The van der Waals surface area contributed by atoms with Crippen LogP contribution in [0.1, 0.15) is 49.5 Å². The summed E-state index contributed by atoms with van der Waals surface area (Å²) in [4.78, 5) is 24.8. The molecule has 0 aliphatic rings. The number of esters is 1. The van der Waals surface area contributed by atoms with Gasteiger partial charge in [-0.2, -0.15) is 0 Å². The van der Waals surface area contributed by atoms with E-state index in [4.69, 9.17) is 18.9 Å². The molecule has 2 rings (SSSR count). The maximum atomic E-state index is 12.5. The molecule has 1 atom stereocenters. The zero-order valence-corrected chi connectivity index (χ0v) is 18.6. The van der Waals surface area contributed by atoms with Crippen molar-refractivity contribution >= 4 is 11.9 Å². The van der Waals surface area contributed by atoms with Gasteiger partial charge in [-0.05, 0) is 56.2 Å². The number of ether oxygens (including phenoxy) is 4. The molecule has 0 fully saturated rings. The molecule has 0 aliphatic carbocycles. The number of benzene rings is 2. The highest BCUT2D eigenvalue weighted by Crippen LogP contribution is 2.29. The zero-order chi connectivity index (χ0) is 22.6. The smallest absolute Gasteiger partial charge is 0.339 e. The van der Waals surface area contributed by atoms with Crippen molar-refractivity contribution in [2.45, 2.75) is 46.3 Å². The Morgan fingerprint density at radius 1 is 1.00 bits per heavy atom. The third-order valence-corrected chi connectivity index (χ3v) is 4.51. The van der Waals surface area contributed by atoms with Crippen molar-refractivity contribution in [1.82, 2.24) is 5.32 Å². The van der Waals surface area contributed by atoms with Crippen molar-refractivity contribution in [3.63, 3.8) is 0 Å². The fourth-order valence-corrected chi connectivity index (χ4v) is 2.71. The van der Waals surface area contributed by atoms with Gasteiger partial charge in [0.05, 0.1) is 25.9 Å². The largest absolute Gasteiger partial charge is 0.497 e. The molecule has 0 saturated heterocycles. The van der Waals surface area contributed by atoms with Crippen molar-refractivity contribution in [2.24, 2.45) is 0 Å². The van der Waals surface area contributed by atoms with Gasteiger partial charge in [0.1, 0.15) is 5.75 Å². The van der Waals surface area contributed by atoms with Gasteiger partial charge in [0, 0.05) is 6.54 Å². The second-order valence-corrected chi connectivity index (χ2v) is 6.91. The van der Waals surface area contributed by atoms with Crippen LogP contribution in [-0.4, -0.2) is 38.3 Å². The monoisotopic (exact) mass is 429 g/mol. The third-order valence-electron chi connectivity index (χ3n) is 4.51. The Balaban J connectivity index is 1.93. The van der Waals surface area contributed by atoms with E-state index in [1.54, 1.807) is 25.3 Å². The number of methoxy groups -OCH3 is 1. The highest BCUT2D eigenvalue weighted by molar-refractivity contribution is 5.92. The minimum absolute atomic E-state index is 0.293. The van der Waals surface area contributed by atoms with E-state index in [-0.39, 0.29) is 5.91 Å². The molecule has 7 nitrogen and oxygen atoms in total. The Morgan fingerprint density at radius 3 is 2.39 bits per heavy atom. The molecule has 0 heterocycles. The lowest BCUT2D eigenvalue weighted by Gasteiger charge is -2.15. The Hall–Kier alpha value is -3.22. The summed E-state index contributed by atoms with van der Waals surface area (Å²) in [6.07, 6.45) is 1.01. The molecular formula is C24H31NO6. The lowest BCUT2D eigenvalue weighted by molar-refractivity contribution is -0.129. The summed E-state index contributed by atoms with van der Waals surface area (Å²) in [7, 11) is 1.59. The lowest BCUT2D eigenvalue weighted by Crippen LogP contribution is -2.35. The Labute approximate surface area is 183 Å². The number of rotatable bonds is 12. The standard InChI is InChI=1S/C24H31NO6/c1-5-7-14-30-21-13-10-19(15-22(21)29-6-2)24(27)31-17(3)23(26)25-16-18-8-11-20(28-4)12-9-18/h8-13,15,17H,5-7,14,16H2,1-4H3,(H,25,26)/t17-/m1/s1. The fourth-order valence-electron chi connectivity index (χ4n) is 2.71. The number of hydrogen-bond acceptors (Lipinski definition) is 6. The maximum absolute atomic E-state index is 12.5. The van der Waals surface area contributed by atoms with E-state index in [0.29, 0.717) is 36.8 Å². The average Bonchev–Trinajstić information content (AvgIpc) is 2.78. The van der Waals surface area contributed by atoms with Gasteiger partial charge in [0.2, 0.25) is 0 Å². The molecule has 1 N–H and O–H groups in total. The van der Waals surface area contributed by atoms with Crippen molar-refractivity contribution < 1.29 is 28.5 Å². The summed E-state index contributed by atoms with van der Waals surface area (Å²) in [5.41, 5.74) is 1.20. The summed E-state index contributed by atoms with van der Waals surface area (Å²) >= 11 is 0. The lowest BCUT2D eigenvalue weighted by atomic mass is 10.2. The van der Waals surface area contributed by atoms with Crippen LogP contribution in [0.5, 0.6) is 17.2 Å². The van der Waals surface area contributed by atoms with Crippen molar-refractivity contribution in [3.05, 3.63) is 53.6 Å². The maximum Gasteiger partial charge on any atom is 0.339 e. The minimum Gasteiger partial charge on any atom is -0.497 e. The van der Waals surface area contributed by atoms with Gasteiger partial charge in [-0.15, -0.1) is 0 Å². The molecule has 0 bridgehead atoms. The van der Waals surface area contributed by atoms with Crippen LogP contribution in [0, 0.1) is 0 Å². The molecule has 2 aromatic carbocycles. The first-order valence-electron chi connectivity index (χ1n) is 10.5. The highest BCUT2D eigenvalue weighted by Gasteiger charge is 2.20. The second-order valence-electron chi connectivity index (χ2n) is 6.91. The molecule has 0 spiro atoms. The average molecular weight is 430 g/mol. The first kappa shape index (κ1) is 24.1. The van der Waals surface area contributed by atoms with Crippen LogP contribution in [0.2, 0.25) is 0 Å². The number of amides is 1. The third kappa shape index (κ3) is 7.51. The molecule has 0 aromatic heterocycles. The van der Waals surface area contributed by atoms with Gasteiger partial charge in [0.25, 0.3) is 5.91 Å². The van der Waals surface area contributed by atoms with E-state index in [1.165, 1.54) is 6.92 Å². The molecule has 0 aliphatic heterocycles. The molecule has 0 radical (unpaired) electrons. The van der Waals surface area contributed by atoms with E-state index in [0.717, 1.165) is 24.2 Å². The van der Waals surface area contributed by atoms with Crippen LogP contribution in [-0.2, 0) is 16.1 Å². The first-order chi connectivity index (χ1) is 15.0. The highest BCUT2D eigenvalue weighted by atomic mass is 16.5. The van der Waals surface area contributed by atoms with E-state index < -0.39 is 12.1 Å². The van der Waals surface area contributed by atoms with Crippen LogP contribution < -0.4 is 19.5 Å². The van der Waals surface area contributed by atoms with Crippen LogP contribution >= 0.6 is 0 Å². The van der Waals surface area contributed by atoms with Crippen molar-refractivity contribution in [2.75, 3.05) is 20.3 Å². The van der Waals surface area contributed by atoms with E-state index in [9.17, 15) is 9.59 Å². The molecule has 2 aromatic rings. The van der Waals surface area contributed by atoms with E-state index >= 15 is 0 Å². The second kappa shape index (κ2) is 12.5. The minimum atomic E-state index is -0.943. The summed E-state index contributed by atoms with van der Waals surface area (Å²) in [5, 5.41) is 2.76. The quantitative estimate of drug-likeness (QED) is 0.403. The number of carbonyl (C=O) groups excluding carboxylic acids is 2. The number of unbranched alkanes of at least 4 members (excludes halogenated alkanes) is 1. The topological polar surface area (TPSA) is 83.1 Å². The molecular weight excluding hydrogens is 398 g/mol. The number of hydrogen-bond donors (Lipinski definition) is 1. The van der Waals surface area contributed by atoms with Gasteiger partial charge < -0.3 is 24.3 Å². The van der Waals surface area contributed by atoms with Gasteiger partial charge in [-0.1, -0.05) is 25.5 Å². The first-order valence-corrected chi connectivity index (χ1v) is 10.5. The van der Waals surface area contributed by atoms with E-state index in [1.807, 2.05) is 31.2 Å². The zero-order valence-electron chi connectivity index (χ0n) is 18.6. The van der Waals surface area contributed by atoms with Crippen LogP contribution in [0.4, 0.5) is 0 Å². The van der Waals surface area contributed by atoms with Crippen LogP contribution in [0.15, 0.2) is 42.5 Å². The van der Waals surface area contributed by atoms with Crippen molar-refractivity contribution in [3.8, 4) is 17.2 Å². The number of carbonyl (C=O) groups is 2. The number of nitrogens with one attached hydrogen (secondary N) is 1. The van der Waals surface area contributed by atoms with Crippen molar-refractivity contribution in [1.29, 1.82) is 0 Å². The van der Waals surface area contributed by atoms with Gasteiger partial charge in [-0.3, -0.25) is 4.79 Å². The Morgan fingerprint density at radius 2 is 1.74 bits per heavy atom. The Kier molecular flexibility index (Phi) is 9.68.